The number of anilines is 1. The predicted molar refractivity (Wildman–Crippen MR) is 80.4 cm³/mol. The molecule has 0 aliphatic carbocycles. The first kappa shape index (κ1) is 14.7. The van der Waals surface area contributed by atoms with Crippen LogP contribution in [0.15, 0.2) is 29.1 Å². The Hall–Kier alpha value is -3.27. The second-order valence-corrected chi connectivity index (χ2v) is 4.68. The maximum absolute atomic E-state index is 12.6. The predicted octanol–water partition coefficient (Wildman–Crippen LogP) is -0.762. The quantitative estimate of drug-likeness (QED) is 0.602. The van der Waals surface area contributed by atoms with Crippen LogP contribution in [0.2, 0.25) is 0 Å². The van der Waals surface area contributed by atoms with Crippen LogP contribution in [0.1, 0.15) is 10.5 Å². The van der Waals surface area contributed by atoms with Crippen molar-refractivity contribution in [3.8, 4) is 11.4 Å². The molecule has 23 heavy (non-hydrogen) atoms. The Labute approximate surface area is 129 Å². The number of para-hydroxylation sites is 1. The van der Waals surface area contributed by atoms with Crippen LogP contribution in [0.3, 0.4) is 0 Å². The minimum Gasteiger partial charge on any atom is -0.398 e. The first-order valence-electron chi connectivity index (χ1n) is 6.54. The van der Waals surface area contributed by atoms with Crippen molar-refractivity contribution in [1.82, 2.24) is 24.4 Å². The number of benzene rings is 1. The van der Waals surface area contributed by atoms with Gasteiger partial charge in [0.15, 0.2) is 17.2 Å². The van der Waals surface area contributed by atoms with Crippen molar-refractivity contribution in [2.24, 2.45) is 5.73 Å². The molecule has 1 aromatic carbocycles. The third-order valence-corrected chi connectivity index (χ3v) is 3.20. The number of nitrogen functional groups attached to an aromatic ring is 1. The van der Waals surface area contributed by atoms with Gasteiger partial charge >= 0.3 is 5.69 Å². The van der Waals surface area contributed by atoms with Gasteiger partial charge in [0.2, 0.25) is 0 Å². The number of rotatable bonds is 4. The number of aromatic nitrogens is 5. The molecule has 0 unspecified atom stereocenters. The number of ether oxygens (including phenoxy) is 1. The van der Waals surface area contributed by atoms with Gasteiger partial charge in [-0.25, -0.2) is 14.2 Å². The number of carbonyl (C=O) groups excluding carboxylic acids is 1. The van der Waals surface area contributed by atoms with Crippen LogP contribution in [0.4, 0.5) is 5.69 Å². The molecular formula is C13H13N7O3. The van der Waals surface area contributed by atoms with Gasteiger partial charge < -0.3 is 16.2 Å². The van der Waals surface area contributed by atoms with Crippen molar-refractivity contribution in [3.63, 3.8) is 0 Å². The molecule has 0 aliphatic heterocycles. The molecule has 3 rings (SSSR count). The van der Waals surface area contributed by atoms with Gasteiger partial charge in [0.25, 0.3) is 5.91 Å². The molecule has 0 fully saturated rings. The zero-order chi connectivity index (χ0) is 16.6. The highest BCUT2D eigenvalue weighted by Gasteiger charge is 2.22. The van der Waals surface area contributed by atoms with Crippen LogP contribution in [0.5, 0.6) is 0 Å². The number of carbonyl (C=O) groups is 1. The molecule has 0 spiro atoms. The van der Waals surface area contributed by atoms with Gasteiger partial charge in [-0.05, 0) is 12.1 Å². The topological polar surface area (TPSA) is 143 Å². The number of fused-ring (bicyclic) bond motifs is 1. The summed E-state index contributed by atoms with van der Waals surface area (Å²) in [5.41, 5.74) is 11.4. The molecule has 2 heterocycles. The van der Waals surface area contributed by atoms with Crippen molar-refractivity contribution >= 4 is 17.2 Å². The molecule has 4 N–H and O–H groups in total. The Kier molecular flexibility index (Phi) is 3.50. The summed E-state index contributed by atoms with van der Waals surface area (Å²) in [5.74, 6) is -0.655. The number of amides is 1. The number of nitrogens with zero attached hydrogens (tertiary/aromatic N) is 5. The lowest BCUT2D eigenvalue weighted by Crippen LogP contribution is -2.31. The molecule has 1 amide bonds. The first-order valence-corrected chi connectivity index (χ1v) is 6.54. The second-order valence-electron chi connectivity index (χ2n) is 4.68. The van der Waals surface area contributed by atoms with Crippen LogP contribution < -0.4 is 17.2 Å². The standard InChI is InChI=1S/C13H13N7O3/c1-23-6-19-13(22)20-11(7-4-2-3-5-8(7)14)16-9(10(15)21)12(20)17-18-19/h2-5H,6,14H2,1H3,(H2,15,21). The van der Waals surface area contributed by atoms with E-state index < -0.39 is 11.6 Å². The molecule has 3 aromatic rings. The summed E-state index contributed by atoms with van der Waals surface area (Å²) in [5, 5.41) is 7.55. The molecule has 0 atom stereocenters. The van der Waals surface area contributed by atoms with Crippen LogP contribution in [-0.4, -0.2) is 37.4 Å². The van der Waals surface area contributed by atoms with E-state index in [2.05, 4.69) is 15.3 Å². The van der Waals surface area contributed by atoms with Crippen molar-refractivity contribution in [2.45, 2.75) is 6.73 Å². The largest absolute Gasteiger partial charge is 0.398 e. The summed E-state index contributed by atoms with van der Waals surface area (Å²) in [6.45, 7) is -0.102. The fraction of sp³-hybridized carbons (Fsp3) is 0.154. The number of hydrogen-bond donors (Lipinski definition) is 2. The van der Waals surface area contributed by atoms with Crippen LogP contribution in [0, 0.1) is 0 Å². The molecule has 0 bridgehead atoms. The highest BCUT2D eigenvalue weighted by atomic mass is 16.5. The molecule has 2 aromatic heterocycles. The smallest absolute Gasteiger partial charge is 0.355 e. The molecule has 10 nitrogen and oxygen atoms in total. The number of primary amides is 1. The number of methoxy groups -OCH3 is 1. The van der Waals surface area contributed by atoms with E-state index in [4.69, 9.17) is 16.2 Å². The summed E-state index contributed by atoms with van der Waals surface area (Å²) < 4.78 is 7.02. The summed E-state index contributed by atoms with van der Waals surface area (Å²) in [6, 6.07) is 6.81. The average Bonchev–Trinajstić information content (AvgIpc) is 2.91. The van der Waals surface area contributed by atoms with E-state index in [1.807, 2.05) is 0 Å². The number of hydrogen-bond acceptors (Lipinski definition) is 7. The van der Waals surface area contributed by atoms with E-state index in [0.717, 1.165) is 9.08 Å². The van der Waals surface area contributed by atoms with Gasteiger partial charge in [0.1, 0.15) is 6.73 Å². The third-order valence-electron chi connectivity index (χ3n) is 3.20. The Balaban J connectivity index is 2.41. The summed E-state index contributed by atoms with van der Waals surface area (Å²) in [6.07, 6.45) is 0. The molecule has 0 saturated heterocycles. The Morgan fingerprint density at radius 1 is 1.35 bits per heavy atom. The SMILES string of the molecule is COCn1nnc2c(C(N)=O)nc(-c3ccccc3N)n2c1=O. The van der Waals surface area contributed by atoms with E-state index >= 15 is 0 Å². The van der Waals surface area contributed by atoms with E-state index in [1.165, 1.54) is 7.11 Å². The summed E-state index contributed by atoms with van der Waals surface area (Å²) in [7, 11) is 1.41. The monoisotopic (exact) mass is 315 g/mol. The van der Waals surface area contributed by atoms with Crippen molar-refractivity contribution in [2.75, 3.05) is 12.8 Å². The van der Waals surface area contributed by atoms with E-state index in [-0.39, 0.29) is 23.9 Å². The lowest BCUT2D eigenvalue weighted by Gasteiger charge is -2.05. The summed E-state index contributed by atoms with van der Waals surface area (Å²) >= 11 is 0. The average molecular weight is 315 g/mol. The van der Waals surface area contributed by atoms with Gasteiger partial charge in [0, 0.05) is 18.4 Å². The molecule has 0 saturated carbocycles. The Morgan fingerprint density at radius 3 is 2.74 bits per heavy atom. The van der Waals surface area contributed by atoms with Crippen molar-refractivity contribution in [3.05, 3.63) is 40.4 Å². The number of nitrogens with two attached hydrogens (primary N) is 2. The molecule has 118 valence electrons. The van der Waals surface area contributed by atoms with Crippen LogP contribution >= 0.6 is 0 Å². The van der Waals surface area contributed by atoms with Gasteiger partial charge in [-0.3, -0.25) is 4.79 Å². The molecule has 0 radical (unpaired) electrons. The fourth-order valence-corrected chi connectivity index (χ4v) is 2.19. The Bertz CT molecular complexity index is 960. The van der Waals surface area contributed by atoms with E-state index in [0.29, 0.717) is 11.3 Å². The molecule has 10 heteroatoms. The van der Waals surface area contributed by atoms with Gasteiger partial charge in [-0.15, -0.1) is 5.10 Å². The zero-order valence-electron chi connectivity index (χ0n) is 12.1. The second kappa shape index (κ2) is 5.50. The minimum atomic E-state index is -0.818. The normalized spacial score (nSPS) is 11.0. The van der Waals surface area contributed by atoms with Crippen LogP contribution in [-0.2, 0) is 11.5 Å². The molecule has 0 aliphatic rings. The van der Waals surface area contributed by atoms with E-state index in [1.54, 1.807) is 24.3 Å². The van der Waals surface area contributed by atoms with Gasteiger partial charge in [-0.2, -0.15) is 4.68 Å². The van der Waals surface area contributed by atoms with Crippen molar-refractivity contribution in [1.29, 1.82) is 0 Å². The minimum absolute atomic E-state index is 0.0342. The number of imidazole rings is 1. The lowest BCUT2D eigenvalue weighted by molar-refractivity contribution is 0.0997. The van der Waals surface area contributed by atoms with Crippen LogP contribution in [0.25, 0.3) is 17.0 Å². The fourth-order valence-electron chi connectivity index (χ4n) is 2.19. The Morgan fingerprint density at radius 2 is 2.09 bits per heavy atom. The highest BCUT2D eigenvalue weighted by molar-refractivity contribution is 5.98. The molecular weight excluding hydrogens is 302 g/mol. The van der Waals surface area contributed by atoms with Gasteiger partial charge in [0.05, 0.1) is 0 Å². The van der Waals surface area contributed by atoms with E-state index in [9.17, 15) is 9.59 Å². The van der Waals surface area contributed by atoms with Crippen molar-refractivity contribution < 1.29 is 9.53 Å². The highest BCUT2D eigenvalue weighted by Crippen LogP contribution is 2.25. The zero-order valence-corrected chi connectivity index (χ0v) is 12.1. The maximum atomic E-state index is 12.6. The first-order chi connectivity index (χ1) is 11.0. The summed E-state index contributed by atoms with van der Waals surface area (Å²) in [4.78, 5) is 28.3. The maximum Gasteiger partial charge on any atom is 0.355 e. The third kappa shape index (κ3) is 2.30. The lowest BCUT2D eigenvalue weighted by atomic mass is 10.2. The van der Waals surface area contributed by atoms with Gasteiger partial charge in [-0.1, -0.05) is 17.3 Å².